The molecule has 72 heavy (non-hydrogen) atoms. The Morgan fingerprint density at radius 3 is 1.24 bits per heavy atom. The maximum absolute atomic E-state index is 13.6. The van der Waals surface area contributed by atoms with Gasteiger partial charge in [0.05, 0.1) is 73.3 Å². The Hall–Kier alpha value is -5.20. The highest BCUT2D eigenvalue weighted by molar-refractivity contribution is 7.98. The molecule has 0 radical (unpaired) electrons. The number of thioether (sulfide) groups is 2. The minimum atomic E-state index is -4.18. The molecule has 0 N–H and O–H groups in total. The zero-order valence-corrected chi connectivity index (χ0v) is 45.6. The van der Waals surface area contributed by atoms with Gasteiger partial charge in [-0.25, -0.2) is 36.8 Å². The van der Waals surface area contributed by atoms with E-state index in [1.807, 2.05) is 86.9 Å². The summed E-state index contributed by atoms with van der Waals surface area (Å²) < 4.78 is 56.5. The molecular weight excluding hydrogens is 1040 g/mol. The minimum absolute atomic E-state index is 0.0649. The van der Waals surface area contributed by atoms with Crippen LogP contribution in [0.3, 0.4) is 0 Å². The summed E-state index contributed by atoms with van der Waals surface area (Å²) in [5.74, 6) is 1.20. The van der Waals surface area contributed by atoms with Gasteiger partial charge in [0.25, 0.3) is 0 Å². The number of nitrogens with zero attached hydrogens (tertiary/aromatic N) is 14. The van der Waals surface area contributed by atoms with Crippen LogP contribution in [-0.2, 0) is 20.0 Å². The molecule has 0 bridgehead atoms. The predicted molar refractivity (Wildman–Crippen MR) is 294 cm³/mol. The van der Waals surface area contributed by atoms with Crippen molar-refractivity contribution >= 4 is 124 Å². The van der Waals surface area contributed by atoms with E-state index in [4.69, 9.17) is 33.2 Å². The van der Waals surface area contributed by atoms with Crippen LogP contribution in [0.15, 0.2) is 103 Å². The van der Waals surface area contributed by atoms with Crippen molar-refractivity contribution < 1.29 is 25.8 Å². The summed E-state index contributed by atoms with van der Waals surface area (Å²) in [6.07, 6.45) is 6.48. The summed E-state index contributed by atoms with van der Waals surface area (Å²) in [5.41, 5.74) is 2.61. The van der Waals surface area contributed by atoms with Gasteiger partial charge in [0.15, 0.2) is 10.3 Å². The van der Waals surface area contributed by atoms with Gasteiger partial charge in [-0.2, -0.15) is 0 Å². The third-order valence-corrected chi connectivity index (χ3v) is 18.2. The van der Waals surface area contributed by atoms with Crippen LogP contribution in [0.2, 0.25) is 10.3 Å². The van der Waals surface area contributed by atoms with Gasteiger partial charge < -0.3 is 48.4 Å². The fraction of sp³-hybridized carbons (Fsp3) is 0.375. The molecule has 3 fully saturated rings. The highest BCUT2D eigenvalue weighted by Crippen LogP contribution is 2.36. The van der Waals surface area contributed by atoms with Crippen LogP contribution < -0.4 is 19.6 Å². The number of halogens is 2. The predicted octanol–water partition coefficient (Wildman–Crippen LogP) is 7.64. The van der Waals surface area contributed by atoms with Crippen LogP contribution in [-0.4, -0.2) is 177 Å². The Morgan fingerprint density at radius 2 is 0.889 bits per heavy atom. The number of rotatable bonds is 14. The molecular formula is C48H56Cl2N14O4S4. The lowest BCUT2D eigenvalue weighted by atomic mass is 10.1. The number of anilines is 4. The van der Waals surface area contributed by atoms with E-state index in [-0.39, 0.29) is 20.1 Å². The van der Waals surface area contributed by atoms with E-state index in [1.54, 1.807) is 24.3 Å². The first kappa shape index (κ1) is 51.7. The lowest BCUT2D eigenvalue weighted by molar-refractivity contribution is -1.03. The first-order chi connectivity index (χ1) is 34.5. The highest BCUT2D eigenvalue weighted by Gasteiger charge is 2.46. The van der Waals surface area contributed by atoms with Gasteiger partial charge in [-0.05, 0) is 36.8 Å². The van der Waals surface area contributed by atoms with Gasteiger partial charge in [-0.1, -0.05) is 95.3 Å². The largest absolute Gasteiger partial charge is 0.490 e. The van der Waals surface area contributed by atoms with Gasteiger partial charge >= 0.3 is 0 Å². The Bertz CT molecular complexity index is 3080. The molecule has 0 unspecified atom stereocenters. The maximum atomic E-state index is 13.6. The van der Waals surface area contributed by atoms with Gasteiger partial charge in [0.1, 0.15) is 68.2 Å². The quantitative estimate of drug-likeness (QED) is 0.0259. The Morgan fingerprint density at radius 1 is 0.542 bits per heavy atom. The third-order valence-electron chi connectivity index (χ3n) is 14.1. The molecule has 2 aromatic heterocycles. The molecule has 0 atom stereocenters. The summed E-state index contributed by atoms with van der Waals surface area (Å²) >= 11 is 16.3. The second kappa shape index (κ2) is 21.0. The smallest absolute Gasteiger partial charge is 0.190 e. The molecule has 6 aromatic rings. The zero-order valence-electron chi connectivity index (χ0n) is 40.9. The van der Waals surface area contributed by atoms with Crippen LogP contribution in [0, 0.1) is 0 Å². The van der Waals surface area contributed by atoms with Crippen molar-refractivity contribution in [2.75, 3.05) is 139 Å². The number of fused-ring (bicyclic) bond motifs is 2. The molecule has 0 saturated carbocycles. The molecule has 24 heteroatoms. The number of piperazine rings is 3. The molecule has 380 valence electrons. The van der Waals surface area contributed by atoms with Crippen molar-refractivity contribution in [1.29, 1.82) is 0 Å². The van der Waals surface area contributed by atoms with E-state index in [9.17, 15) is 16.8 Å². The number of benzene rings is 4. The second-order valence-corrected chi connectivity index (χ2v) is 23.9. The monoisotopic (exact) mass is 1090 g/mol. The van der Waals surface area contributed by atoms with E-state index >= 15 is 0 Å². The Kier molecular flexibility index (Phi) is 15.1. The summed E-state index contributed by atoms with van der Waals surface area (Å²) in [6.45, 7) is 10.6. The fourth-order valence-electron chi connectivity index (χ4n) is 10.0. The van der Waals surface area contributed by atoms with Crippen molar-refractivity contribution in [2.24, 2.45) is 10.2 Å². The summed E-state index contributed by atoms with van der Waals surface area (Å²) in [5, 5.41) is 12.3. The molecule has 9 rings (SSSR count). The van der Waals surface area contributed by atoms with E-state index in [2.05, 4.69) is 39.6 Å². The van der Waals surface area contributed by atoms with E-state index in [0.717, 1.165) is 110 Å². The van der Waals surface area contributed by atoms with Gasteiger partial charge in [0.2, 0.25) is 0 Å². The average molecular weight is 1090 g/mol. The molecule has 3 aliphatic heterocycles. The van der Waals surface area contributed by atoms with E-state index in [0.29, 0.717) is 43.8 Å². The maximum Gasteiger partial charge on any atom is 0.190 e. The van der Waals surface area contributed by atoms with Crippen molar-refractivity contribution in [2.45, 2.75) is 20.1 Å². The zero-order chi connectivity index (χ0) is 51.0. The third kappa shape index (κ3) is 10.5. The normalized spacial score (nSPS) is 17.2. The van der Waals surface area contributed by atoms with Crippen LogP contribution in [0.1, 0.15) is 11.1 Å². The number of hydrogen-bond acceptors (Lipinski definition) is 16. The lowest BCUT2D eigenvalue weighted by Crippen LogP contribution is -2.73. The Balaban J connectivity index is 0.844. The van der Waals surface area contributed by atoms with Crippen LogP contribution in [0.5, 0.6) is 0 Å². The molecule has 18 nitrogen and oxygen atoms in total. The molecule has 0 amide bonds. The van der Waals surface area contributed by atoms with Crippen molar-refractivity contribution in [3.05, 3.63) is 104 Å². The van der Waals surface area contributed by atoms with Gasteiger partial charge in [0, 0.05) is 73.5 Å². The SMILES string of the molecule is CSc1nc(Cl)c(/C=N/[N-]S(=O)(=O)c2cccc3c(N(C)C)cccc23)c(N2CC[N+]3(CC2)CC[N+]2(CCN(c4nc(SC)nc(Cl)c4/C=N/[N-]S(=O)(=O)c4cccc5c(N(C)C)cccc45)CC2)CC3)n1. The van der Waals surface area contributed by atoms with E-state index in [1.165, 1.54) is 48.1 Å². The average Bonchev–Trinajstić information content (AvgIpc) is 3.37. The second-order valence-electron chi connectivity index (χ2n) is 18.6. The molecule has 0 aliphatic carbocycles. The van der Waals surface area contributed by atoms with Crippen LogP contribution in [0.25, 0.3) is 31.2 Å². The molecule has 3 saturated heterocycles. The Labute approximate surface area is 439 Å². The minimum Gasteiger partial charge on any atom is -0.490 e. The van der Waals surface area contributed by atoms with E-state index < -0.39 is 20.0 Å². The lowest BCUT2D eigenvalue weighted by Gasteiger charge is -2.54. The van der Waals surface area contributed by atoms with Gasteiger partial charge in [-0.15, -0.1) is 0 Å². The first-order valence-corrected chi connectivity index (χ1v) is 29.4. The summed E-state index contributed by atoms with van der Waals surface area (Å²) in [6, 6.07) is 21.3. The van der Waals surface area contributed by atoms with Crippen LogP contribution >= 0.6 is 46.7 Å². The van der Waals surface area contributed by atoms with Crippen molar-refractivity contribution in [1.82, 2.24) is 19.9 Å². The van der Waals surface area contributed by atoms with Gasteiger partial charge in [-0.3, -0.25) is 0 Å². The number of sulfonamides is 2. The summed E-state index contributed by atoms with van der Waals surface area (Å²) in [4.78, 5) is 34.7. The van der Waals surface area contributed by atoms with Crippen molar-refractivity contribution in [3.8, 4) is 0 Å². The number of hydrogen-bond donors (Lipinski definition) is 0. The highest BCUT2D eigenvalue weighted by atomic mass is 35.5. The topological polar surface area (TPSA) is 186 Å². The molecule has 2 spiro atoms. The summed E-state index contributed by atoms with van der Waals surface area (Å²) in [7, 11) is -0.713. The fourth-order valence-corrected chi connectivity index (χ4v) is 13.2. The van der Waals surface area contributed by atoms with Crippen molar-refractivity contribution in [3.63, 3.8) is 0 Å². The molecule has 5 heterocycles. The molecule has 3 aliphatic rings. The molecule has 4 aromatic carbocycles. The first-order valence-electron chi connectivity index (χ1n) is 23.3. The number of aromatic nitrogens is 4. The number of quaternary nitrogens is 2. The standard InChI is InChI=1S/C48H56Cl2N14O4S4/c1-59(2)39-15-7-13-35-33(39)11-9-17-41(35)71(65,66)57-51-31-37-43(49)53-47(69-5)55-45(37)61-19-23-63(24-20-61)27-29-64(30-28-63)25-21-62(22-26-64)46-38(44(50)54-48(56-46)70-6)32-52-58-72(67,68)42-18-10-12-34-36(42)14-8-16-40(34)60(3)4/h7-18,31-32H,19-30H2,1-6H3/b51-31+,52-32+. The van der Waals surface area contributed by atoms with Crippen LogP contribution in [0.4, 0.5) is 23.0 Å².